The average molecular weight is 366 g/mol. The molecule has 3 heteroatoms. The predicted octanol–water partition coefficient (Wildman–Crippen LogP) is 5.04. The van der Waals surface area contributed by atoms with Crippen LogP contribution in [0.15, 0.2) is 90.0 Å². The Hall–Kier alpha value is -3.46. The number of para-hydroxylation sites is 1. The van der Waals surface area contributed by atoms with Crippen LogP contribution in [0, 0.1) is 6.92 Å². The van der Waals surface area contributed by atoms with Crippen molar-refractivity contribution in [1.29, 1.82) is 0 Å². The monoisotopic (exact) mass is 366 g/mol. The molecule has 0 amide bonds. The van der Waals surface area contributed by atoms with Crippen molar-refractivity contribution in [3.05, 3.63) is 107 Å². The van der Waals surface area contributed by atoms with Gasteiger partial charge in [-0.3, -0.25) is 9.80 Å². The van der Waals surface area contributed by atoms with Gasteiger partial charge in [-0.15, -0.1) is 0 Å². The van der Waals surface area contributed by atoms with Crippen LogP contribution in [0.25, 0.3) is 6.08 Å². The minimum atomic E-state index is -0.101. The lowest BCUT2D eigenvalue weighted by molar-refractivity contribution is -0.108. The third-order valence-electron chi connectivity index (χ3n) is 4.87. The lowest BCUT2D eigenvalue weighted by Crippen LogP contribution is -2.21. The maximum Gasteiger partial charge on any atom is 0.206 e. The zero-order valence-corrected chi connectivity index (χ0v) is 15.9. The summed E-state index contributed by atoms with van der Waals surface area (Å²) >= 11 is 0. The Bertz CT molecular complexity index is 1030. The maximum absolute atomic E-state index is 13.0. The molecule has 138 valence electrons. The molecule has 0 fully saturated rings. The Morgan fingerprint density at radius 2 is 1.64 bits per heavy atom. The molecule has 0 atom stereocenters. The standard InChI is InChI=1S/C25H22N2O/c1-19-11-13-20(14-12-19)15-16-24(28)25(22-8-3-2-4-9-22)26-27-18-17-21-7-5-6-10-23(21)27/h2-16H,17-18H2,1H3/b16-15+,26-25+. The van der Waals surface area contributed by atoms with Gasteiger partial charge in [-0.25, -0.2) is 0 Å². The van der Waals surface area contributed by atoms with Crippen molar-refractivity contribution >= 4 is 23.3 Å². The molecule has 0 N–H and O–H groups in total. The summed E-state index contributed by atoms with van der Waals surface area (Å²) in [4.78, 5) is 13.0. The van der Waals surface area contributed by atoms with Gasteiger partial charge in [0.25, 0.3) is 0 Å². The number of rotatable bonds is 5. The van der Waals surface area contributed by atoms with Crippen molar-refractivity contribution in [1.82, 2.24) is 0 Å². The number of nitrogens with zero attached hydrogens (tertiary/aromatic N) is 2. The van der Waals surface area contributed by atoms with Crippen molar-refractivity contribution in [2.75, 3.05) is 11.6 Å². The number of hydrogen-bond donors (Lipinski definition) is 0. The van der Waals surface area contributed by atoms with Gasteiger partial charge in [0.2, 0.25) is 5.78 Å². The van der Waals surface area contributed by atoms with Crippen LogP contribution in [0.4, 0.5) is 5.69 Å². The number of aryl methyl sites for hydroxylation is 1. The molecule has 0 unspecified atom stereocenters. The number of carbonyl (C=O) groups is 1. The Morgan fingerprint density at radius 3 is 2.43 bits per heavy atom. The van der Waals surface area contributed by atoms with Crippen molar-refractivity contribution in [3.8, 4) is 0 Å². The summed E-state index contributed by atoms with van der Waals surface area (Å²) in [7, 11) is 0. The van der Waals surface area contributed by atoms with Crippen LogP contribution in [0.1, 0.15) is 22.3 Å². The van der Waals surface area contributed by atoms with E-state index in [1.165, 1.54) is 11.1 Å². The van der Waals surface area contributed by atoms with E-state index < -0.39 is 0 Å². The van der Waals surface area contributed by atoms with Crippen molar-refractivity contribution < 1.29 is 4.79 Å². The van der Waals surface area contributed by atoms with E-state index in [4.69, 9.17) is 5.10 Å². The Labute approximate surface area is 165 Å². The third-order valence-corrected chi connectivity index (χ3v) is 4.87. The smallest absolute Gasteiger partial charge is 0.206 e. The number of ketones is 1. The number of hydrazone groups is 1. The Kier molecular flexibility index (Phi) is 5.16. The van der Waals surface area contributed by atoms with E-state index in [0.29, 0.717) is 5.71 Å². The minimum Gasteiger partial charge on any atom is -0.287 e. The maximum atomic E-state index is 13.0. The van der Waals surface area contributed by atoms with Gasteiger partial charge in [0, 0.05) is 12.1 Å². The first-order chi connectivity index (χ1) is 13.7. The van der Waals surface area contributed by atoms with E-state index in [1.807, 2.05) is 84.7 Å². The lowest BCUT2D eigenvalue weighted by atomic mass is 10.1. The first-order valence-corrected chi connectivity index (χ1v) is 9.49. The van der Waals surface area contributed by atoms with Crippen molar-refractivity contribution in [3.63, 3.8) is 0 Å². The molecule has 0 radical (unpaired) electrons. The average Bonchev–Trinajstić information content (AvgIpc) is 3.15. The second-order valence-electron chi connectivity index (χ2n) is 6.92. The molecule has 3 aromatic carbocycles. The molecule has 0 saturated heterocycles. The largest absolute Gasteiger partial charge is 0.287 e. The molecule has 3 aromatic rings. The topological polar surface area (TPSA) is 32.7 Å². The molecule has 0 spiro atoms. The highest BCUT2D eigenvalue weighted by Gasteiger charge is 2.20. The van der Waals surface area contributed by atoms with Gasteiger partial charge in [-0.1, -0.05) is 84.4 Å². The molecular formula is C25H22N2O. The second-order valence-corrected chi connectivity index (χ2v) is 6.92. The number of hydrogen-bond acceptors (Lipinski definition) is 3. The van der Waals surface area contributed by atoms with Gasteiger partial charge in [0.1, 0.15) is 5.71 Å². The number of fused-ring (bicyclic) bond motifs is 1. The summed E-state index contributed by atoms with van der Waals surface area (Å²) < 4.78 is 0. The van der Waals surface area contributed by atoms with E-state index in [1.54, 1.807) is 6.08 Å². The summed E-state index contributed by atoms with van der Waals surface area (Å²) in [6, 6.07) is 26.0. The molecule has 0 aliphatic carbocycles. The number of carbonyl (C=O) groups excluding carboxylic acids is 1. The molecular weight excluding hydrogens is 344 g/mol. The molecule has 1 heterocycles. The zero-order chi connectivity index (χ0) is 19.3. The lowest BCUT2D eigenvalue weighted by Gasteiger charge is -2.15. The number of benzene rings is 3. The first kappa shape index (κ1) is 17.9. The molecule has 1 aliphatic heterocycles. The molecule has 1 aliphatic rings. The van der Waals surface area contributed by atoms with Crippen LogP contribution in [-0.2, 0) is 11.2 Å². The predicted molar refractivity (Wildman–Crippen MR) is 116 cm³/mol. The summed E-state index contributed by atoms with van der Waals surface area (Å²) in [5.74, 6) is -0.101. The molecule has 0 saturated carbocycles. The van der Waals surface area contributed by atoms with Gasteiger partial charge >= 0.3 is 0 Å². The fraction of sp³-hybridized carbons (Fsp3) is 0.120. The van der Waals surface area contributed by atoms with Crippen LogP contribution in [0.2, 0.25) is 0 Å². The molecule has 0 bridgehead atoms. The highest BCUT2D eigenvalue weighted by atomic mass is 16.1. The summed E-state index contributed by atoms with van der Waals surface area (Å²) in [6.45, 7) is 2.83. The highest BCUT2D eigenvalue weighted by Crippen LogP contribution is 2.28. The van der Waals surface area contributed by atoms with E-state index in [2.05, 4.69) is 12.1 Å². The van der Waals surface area contributed by atoms with E-state index in [-0.39, 0.29) is 5.78 Å². The summed E-state index contributed by atoms with van der Waals surface area (Å²) in [5, 5.41) is 6.70. The second kappa shape index (κ2) is 8.05. The Morgan fingerprint density at radius 1 is 0.929 bits per heavy atom. The molecule has 0 aromatic heterocycles. The van der Waals surface area contributed by atoms with Crippen LogP contribution >= 0.6 is 0 Å². The van der Waals surface area contributed by atoms with Gasteiger partial charge in [-0.2, -0.15) is 5.10 Å². The number of allylic oxidation sites excluding steroid dienone is 1. The van der Waals surface area contributed by atoms with Gasteiger partial charge in [0.15, 0.2) is 0 Å². The van der Waals surface area contributed by atoms with Crippen LogP contribution in [0.3, 0.4) is 0 Å². The summed E-state index contributed by atoms with van der Waals surface area (Å²) in [5.41, 5.74) is 5.82. The van der Waals surface area contributed by atoms with Crippen LogP contribution in [-0.4, -0.2) is 18.0 Å². The van der Waals surface area contributed by atoms with E-state index in [0.717, 1.165) is 29.8 Å². The summed E-state index contributed by atoms with van der Waals surface area (Å²) in [6.07, 6.45) is 4.39. The highest BCUT2D eigenvalue weighted by molar-refractivity contribution is 6.50. The molecule has 3 nitrogen and oxygen atoms in total. The molecule has 4 rings (SSSR count). The van der Waals surface area contributed by atoms with Gasteiger partial charge in [-0.05, 0) is 36.6 Å². The first-order valence-electron chi connectivity index (χ1n) is 9.49. The normalized spacial score (nSPS) is 13.8. The SMILES string of the molecule is Cc1ccc(/C=C/C(=O)/C(=N/N2CCc3ccccc32)c2ccccc2)cc1. The minimum absolute atomic E-state index is 0.101. The Balaban J connectivity index is 1.66. The third kappa shape index (κ3) is 3.94. The van der Waals surface area contributed by atoms with Crippen molar-refractivity contribution in [2.24, 2.45) is 5.10 Å². The van der Waals surface area contributed by atoms with E-state index >= 15 is 0 Å². The van der Waals surface area contributed by atoms with E-state index in [9.17, 15) is 4.79 Å². The van der Waals surface area contributed by atoms with Crippen molar-refractivity contribution in [2.45, 2.75) is 13.3 Å². The van der Waals surface area contributed by atoms with Crippen LogP contribution in [0.5, 0.6) is 0 Å². The molecule has 28 heavy (non-hydrogen) atoms. The zero-order valence-electron chi connectivity index (χ0n) is 15.9. The van der Waals surface area contributed by atoms with Gasteiger partial charge < -0.3 is 0 Å². The fourth-order valence-electron chi connectivity index (χ4n) is 3.32. The quantitative estimate of drug-likeness (QED) is 0.468. The fourth-order valence-corrected chi connectivity index (χ4v) is 3.32. The number of anilines is 1. The van der Waals surface area contributed by atoms with Crippen LogP contribution < -0.4 is 5.01 Å². The van der Waals surface area contributed by atoms with Gasteiger partial charge in [0.05, 0.1) is 5.69 Å².